The van der Waals surface area contributed by atoms with Gasteiger partial charge in [-0.15, -0.1) is 0 Å². The van der Waals surface area contributed by atoms with E-state index in [0.29, 0.717) is 0 Å². The van der Waals surface area contributed by atoms with Crippen molar-refractivity contribution in [3.05, 3.63) is 34.4 Å². The van der Waals surface area contributed by atoms with E-state index in [9.17, 15) is 28.1 Å². The molecule has 1 aromatic rings. The van der Waals surface area contributed by atoms with Gasteiger partial charge in [-0.1, -0.05) is 26.0 Å². The number of amides is 1. The Morgan fingerprint density at radius 2 is 1.81 bits per heavy atom. The van der Waals surface area contributed by atoms with Crippen LogP contribution in [-0.4, -0.2) is 61.6 Å². The molecule has 0 heterocycles. The maximum Gasteiger partial charge on any atom is 0.407 e. The average molecular weight is 460 g/mol. The lowest BCUT2D eigenvalue weighted by molar-refractivity contribution is -0.387. The second kappa shape index (κ2) is 10.5. The molecule has 1 rings (SSSR count). The van der Waals surface area contributed by atoms with Crippen LogP contribution in [0.1, 0.15) is 34.6 Å². The lowest BCUT2D eigenvalue weighted by Crippen LogP contribution is -2.50. The van der Waals surface area contributed by atoms with Gasteiger partial charge in [0.1, 0.15) is 12.1 Å². The number of nitro benzene ring substituents is 1. The summed E-state index contributed by atoms with van der Waals surface area (Å²) in [5.74, 6) is -1.12. The van der Waals surface area contributed by atoms with E-state index in [4.69, 9.17) is 4.74 Å². The number of hydrogen-bond donors (Lipinski definition) is 1. The van der Waals surface area contributed by atoms with Gasteiger partial charge in [-0.2, -0.15) is 4.31 Å². The van der Waals surface area contributed by atoms with E-state index in [2.05, 4.69) is 10.1 Å². The summed E-state index contributed by atoms with van der Waals surface area (Å²) in [5.41, 5.74) is -1.40. The third-order valence-electron chi connectivity index (χ3n) is 4.12. The maximum atomic E-state index is 13.3. The largest absolute Gasteiger partial charge is 0.468 e. The summed E-state index contributed by atoms with van der Waals surface area (Å²) in [6, 6.07) is 4.07. The van der Waals surface area contributed by atoms with Crippen molar-refractivity contribution in [2.75, 3.05) is 20.2 Å². The standard InChI is InChI=1S/C19H29N3O8S/c1-13(2)14(20-18(24)30-19(3,4)5)11-21(12-17(23)29-6)31(27,28)16-10-8-7-9-15(16)22(25)26/h7-10,13-14H,11-12H2,1-6H3,(H,20,24). The molecule has 1 atom stereocenters. The van der Waals surface area contributed by atoms with E-state index in [-0.39, 0.29) is 12.5 Å². The lowest BCUT2D eigenvalue weighted by atomic mass is 10.0. The molecule has 1 amide bonds. The van der Waals surface area contributed by atoms with Crippen molar-refractivity contribution < 1.29 is 32.4 Å². The Bertz CT molecular complexity index is 909. The average Bonchev–Trinajstić information content (AvgIpc) is 2.64. The molecule has 11 nitrogen and oxygen atoms in total. The number of methoxy groups -OCH3 is 1. The fourth-order valence-electron chi connectivity index (χ4n) is 2.52. The van der Waals surface area contributed by atoms with Crippen LogP contribution >= 0.6 is 0 Å². The number of nitrogens with one attached hydrogen (secondary N) is 1. The van der Waals surface area contributed by atoms with Crippen LogP contribution in [0.25, 0.3) is 0 Å². The monoisotopic (exact) mass is 459 g/mol. The highest BCUT2D eigenvalue weighted by Crippen LogP contribution is 2.27. The fourth-order valence-corrected chi connectivity index (χ4v) is 4.09. The number of esters is 1. The normalized spacial score (nSPS) is 13.0. The molecule has 31 heavy (non-hydrogen) atoms. The van der Waals surface area contributed by atoms with Gasteiger partial charge >= 0.3 is 12.1 Å². The predicted octanol–water partition coefficient (Wildman–Crippen LogP) is 2.31. The van der Waals surface area contributed by atoms with Crippen LogP contribution in [-0.2, 0) is 24.3 Å². The minimum atomic E-state index is -4.48. The molecule has 1 aromatic carbocycles. The summed E-state index contributed by atoms with van der Waals surface area (Å²) in [5, 5.41) is 13.9. The topological polar surface area (TPSA) is 145 Å². The second-order valence-corrected chi connectivity index (χ2v) is 10.0. The van der Waals surface area contributed by atoms with E-state index < -0.39 is 55.8 Å². The van der Waals surface area contributed by atoms with E-state index in [0.717, 1.165) is 23.5 Å². The zero-order valence-corrected chi connectivity index (χ0v) is 19.3. The molecule has 174 valence electrons. The molecule has 0 spiro atoms. The molecular weight excluding hydrogens is 430 g/mol. The van der Waals surface area contributed by atoms with Gasteiger partial charge in [0.05, 0.1) is 12.0 Å². The third kappa shape index (κ3) is 7.79. The number of sulfonamides is 1. The van der Waals surface area contributed by atoms with Gasteiger partial charge in [-0.05, 0) is 32.8 Å². The summed E-state index contributed by atoms with van der Waals surface area (Å²) in [6.07, 6.45) is -0.757. The van der Waals surface area contributed by atoms with E-state index >= 15 is 0 Å². The van der Waals surface area contributed by atoms with Gasteiger partial charge in [0.25, 0.3) is 15.7 Å². The maximum absolute atomic E-state index is 13.3. The Kier molecular flexibility index (Phi) is 8.94. The van der Waals surface area contributed by atoms with Crippen LogP contribution in [0.4, 0.5) is 10.5 Å². The van der Waals surface area contributed by atoms with Crippen LogP contribution in [0, 0.1) is 16.0 Å². The molecule has 0 radical (unpaired) electrons. The third-order valence-corrected chi connectivity index (χ3v) is 5.98. The van der Waals surface area contributed by atoms with E-state index in [1.807, 2.05) is 0 Å². The zero-order chi connectivity index (χ0) is 24.0. The summed E-state index contributed by atoms with van der Waals surface area (Å²) in [6.45, 7) is 7.51. The van der Waals surface area contributed by atoms with Crippen LogP contribution < -0.4 is 5.32 Å². The Morgan fingerprint density at radius 3 is 2.29 bits per heavy atom. The second-order valence-electron chi connectivity index (χ2n) is 8.10. The SMILES string of the molecule is COC(=O)CN(CC(NC(=O)OC(C)(C)C)C(C)C)S(=O)(=O)c1ccccc1[N+](=O)[O-]. The lowest BCUT2D eigenvalue weighted by Gasteiger charge is -2.30. The highest BCUT2D eigenvalue weighted by Gasteiger charge is 2.35. The number of alkyl carbamates (subject to hydrolysis) is 1. The van der Waals surface area contributed by atoms with E-state index in [1.165, 1.54) is 12.1 Å². The minimum Gasteiger partial charge on any atom is -0.468 e. The highest BCUT2D eigenvalue weighted by molar-refractivity contribution is 7.89. The first-order valence-corrected chi connectivity index (χ1v) is 10.9. The molecule has 0 aliphatic rings. The summed E-state index contributed by atoms with van der Waals surface area (Å²) < 4.78 is 37.1. The number of carbonyl (C=O) groups excluding carboxylic acids is 2. The van der Waals surface area contributed by atoms with E-state index in [1.54, 1.807) is 34.6 Å². The summed E-state index contributed by atoms with van der Waals surface area (Å²) >= 11 is 0. The number of nitrogens with zero attached hydrogens (tertiary/aromatic N) is 2. The molecule has 1 N–H and O–H groups in total. The van der Waals surface area contributed by atoms with Crippen molar-refractivity contribution in [1.82, 2.24) is 9.62 Å². The van der Waals surface area contributed by atoms with Gasteiger partial charge < -0.3 is 14.8 Å². The Balaban J connectivity index is 3.33. The summed E-state index contributed by atoms with van der Waals surface area (Å²) in [7, 11) is -3.39. The number of para-hydroxylation sites is 1. The van der Waals surface area contributed by atoms with Gasteiger partial charge in [0, 0.05) is 18.7 Å². The van der Waals surface area contributed by atoms with Crippen molar-refractivity contribution in [3.8, 4) is 0 Å². The van der Waals surface area contributed by atoms with Crippen LogP contribution in [0.5, 0.6) is 0 Å². The molecule has 0 aliphatic carbocycles. The quantitative estimate of drug-likeness (QED) is 0.336. The number of nitro groups is 1. The van der Waals surface area contributed by atoms with Crippen molar-refractivity contribution in [3.63, 3.8) is 0 Å². The molecule has 1 unspecified atom stereocenters. The molecule has 0 bridgehead atoms. The van der Waals surface area contributed by atoms with Crippen molar-refractivity contribution in [2.24, 2.45) is 5.92 Å². The van der Waals surface area contributed by atoms with Gasteiger partial charge in [-0.25, -0.2) is 13.2 Å². The molecule has 0 aromatic heterocycles. The van der Waals surface area contributed by atoms with Crippen LogP contribution in [0.2, 0.25) is 0 Å². The first-order chi connectivity index (χ1) is 14.2. The first kappa shape index (κ1) is 26.3. The smallest absolute Gasteiger partial charge is 0.407 e. The number of benzene rings is 1. The molecular formula is C19H29N3O8S. The Hall–Kier alpha value is -2.73. The molecule has 0 fully saturated rings. The minimum absolute atomic E-state index is 0.256. The molecule has 12 heteroatoms. The van der Waals surface area contributed by atoms with Gasteiger partial charge in [0.2, 0.25) is 0 Å². The van der Waals surface area contributed by atoms with Crippen molar-refractivity contribution in [1.29, 1.82) is 0 Å². The zero-order valence-electron chi connectivity index (χ0n) is 18.4. The first-order valence-electron chi connectivity index (χ1n) is 9.49. The van der Waals surface area contributed by atoms with Crippen LogP contribution in [0.3, 0.4) is 0 Å². The number of ether oxygens (including phenoxy) is 2. The van der Waals surface area contributed by atoms with Gasteiger partial charge in [-0.3, -0.25) is 14.9 Å². The Labute approximate surface area is 181 Å². The number of rotatable bonds is 9. The Morgan fingerprint density at radius 1 is 1.23 bits per heavy atom. The number of hydrogen-bond acceptors (Lipinski definition) is 8. The van der Waals surface area contributed by atoms with Crippen LogP contribution in [0.15, 0.2) is 29.2 Å². The summed E-state index contributed by atoms with van der Waals surface area (Å²) in [4.78, 5) is 34.1. The molecule has 0 saturated heterocycles. The van der Waals surface area contributed by atoms with Gasteiger partial charge in [0.15, 0.2) is 4.90 Å². The highest BCUT2D eigenvalue weighted by atomic mass is 32.2. The number of carbonyl (C=O) groups is 2. The predicted molar refractivity (Wildman–Crippen MR) is 112 cm³/mol. The fraction of sp³-hybridized carbons (Fsp3) is 0.579. The van der Waals surface area contributed by atoms with Crippen molar-refractivity contribution in [2.45, 2.75) is 51.2 Å². The van der Waals surface area contributed by atoms with Crippen molar-refractivity contribution >= 4 is 27.8 Å². The molecule has 0 saturated carbocycles. The molecule has 0 aliphatic heterocycles.